The number of aromatic nitrogens is 1. The van der Waals surface area contributed by atoms with Gasteiger partial charge in [-0.1, -0.05) is 36.4 Å². The Bertz CT molecular complexity index is 1480. The van der Waals surface area contributed by atoms with E-state index in [1.807, 2.05) is 54.7 Å². The van der Waals surface area contributed by atoms with Crippen LogP contribution in [0.3, 0.4) is 0 Å². The number of anilines is 1. The molecule has 2 atom stereocenters. The maximum atomic E-state index is 13.9. The number of nitrogens with one attached hydrogen (secondary N) is 3. The molecule has 5 rings (SSSR count). The van der Waals surface area contributed by atoms with E-state index in [-0.39, 0.29) is 5.91 Å². The SMILES string of the molecule is CC(C)(N)C(=O)NC(Cc1c[nH]c2ccccc12)C(=O)N1CCC2(CC1)c1ccccc1N[C@@H]2S(C)(=O)=O. The van der Waals surface area contributed by atoms with Gasteiger partial charge in [-0.15, -0.1) is 0 Å². The lowest BCUT2D eigenvalue weighted by molar-refractivity contribution is -0.138. The smallest absolute Gasteiger partial charge is 0.245 e. The quantitative estimate of drug-likeness (QED) is 0.381. The van der Waals surface area contributed by atoms with Crippen LogP contribution in [0.1, 0.15) is 37.8 Å². The number of amides is 2. The second-order valence-corrected chi connectivity index (χ2v) is 13.3. The Labute approximate surface area is 223 Å². The summed E-state index contributed by atoms with van der Waals surface area (Å²) in [5.74, 6) is -0.604. The van der Waals surface area contributed by atoms with Gasteiger partial charge in [0.05, 0.1) is 5.54 Å². The zero-order valence-corrected chi connectivity index (χ0v) is 22.8. The summed E-state index contributed by atoms with van der Waals surface area (Å²) in [6, 6.07) is 14.7. The maximum absolute atomic E-state index is 13.9. The first-order valence-corrected chi connectivity index (χ1v) is 14.8. The highest BCUT2D eigenvalue weighted by molar-refractivity contribution is 7.91. The van der Waals surface area contributed by atoms with Crippen molar-refractivity contribution in [3.05, 3.63) is 65.9 Å². The van der Waals surface area contributed by atoms with Gasteiger partial charge in [0.25, 0.3) is 0 Å². The van der Waals surface area contributed by atoms with Gasteiger partial charge in [-0.25, -0.2) is 8.42 Å². The fourth-order valence-electron chi connectivity index (χ4n) is 5.92. The number of piperidine rings is 1. The van der Waals surface area contributed by atoms with Gasteiger partial charge < -0.3 is 26.3 Å². The van der Waals surface area contributed by atoms with Crippen molar-refractivity contribution in [2.24, 2.45) is 5.73 Å². The van der Waals surface area contributed by atoms with Crippen LogP contribution in [-0.2, 0) is 31.3 Å². The molecule has 1 saturated heterocycles. The molecule has 5 N–H and O–H groups in total. The Morgan fingerprint density at radius 2 is 1.79 bits per heavy atom. The Hall–Kier alpha value is -3.37. The number of nitrogens with two attached hydrogens (primary N) is 1. The van der Waals surface area contributed by atoms with Crippen LogP contribution in [0.2, 0.25) is 0 Å². The Balaban J connectivity index is 1.40. The van der Waals surface area contributed by atoms with Crippen LogP contribution in [0.5, 0.6) is 0 Å². The number of hydrogen-bond acceptors (Lipinski definition) is 6. The first kappa shape index (κ1) is 26.2. The summed E-state index contributed by atoms with van der Waals surface area (Å²) in [4.78, 5) is 31.7. The molecule has 2 amide bonds. The van der Waals surface area contributed by atoms with Gasteiger partial charge in [0.2, 0.25) is 11.8 Å². The van der Waals surface area contributed by atoms with Crippen LogP contribution >= 0.6 is 0 Å². The number of carbonyl (C=O) groups excluding carboxylic acids is 2. The van der Waals surface area contributed by atoms with Crippen LogP contribution < -0.4 is 16.4 Å². The number of nitrogens with zero attached hydrogens (tertiary/aromatic N) is 1. The van der Waals surface area contributed by atoms with Gasteiger partial charge in [-0.05, 0) is 49.9 Å². The molecule has 1 aromatic heterocycles. The first-order chi connectivity index (χ1) is 17.9. The number of aromatic amines is 1. The van der Waals surface area contributed by atoms with E-state index in [1.165, 1.54) is 6.26 Å². The highest BCUT2D eigenvalue weighted by Gasteiger charge is 2.53. The number of carbonyl (C=O) groups is 2. The molecule has 0 radical (unpaired) electrons. The largest absolute Gasteiger partial charge is 0.368 e. The summed E-state index contributed by atoms with van der Waals surface area (Å²) in [6.45, 7) is 3.98. The van der Waals surface area contributed by atoms with Crippen LogP contribution in [0, 0.1) is 0 Å². The minimum atomic E-state index is -3.41. The minimum absolute atomic E-state index is 0.196. The molecule has 2 aromatic carbocycles. The summed E-state index contributed by atoms with van der Waals surface area (Å²) in [7, 11) is -3.41. The molecule has 0 aliphatic carbocycles. The lowest BCUT2D eigenvalue weighted by Gasteiger charge is -2.43. The predicted octanol–water partition coefficient (Wildman–Crippen LogP) is 2.29. The fourth-order valence-corrected chi connectivity index (χ4v) is 7.45. The molecule has 3 heterocycles. The molecule has 3 aromatic rings. The standard InChI is InChI=1S/C28H35N5O4S/c1-27(2,29)25(35)31-23(16-18-17-30-21-10-6-4-8-19(18)21)24(34)33-14-12-28(13-15-33)20-9-5-7-11-22(20)32-26(28)38(3,36)37/h4-11,17,23,26,30,32H,12-16,29H2,1-3H3,(H,31,35)/t23?,26-/m1/s1. The van der Waals surface area contributed by atoms with E-state index in [9.17, 15) is 18.0 Å². The molecule has 202 valence electrons. The summed E-state index contributed by atoms with van der Waals surface area (Å²) in [5, 5.41) is 6.36. The van der Waals surface area contributed by atoms with Crippen molar-refractivity contribution >= 4 is 38.2 Å². The second-order valence-electron chi connectivity index (χ2n) is 11.2. The van der Waals surface area contributed by atoms with E-state index in [0.717, 1.165) is 27.7 Å². The number of likely N-dealkylation sites (tertiary alicyclic amines) is 1. The number of fused-ring (bicyclic) bond motifs is 3. The van der Waals surface area contributed by atoms with Gasteiger partial charge in [0.1, 0.15) is 11.4 Å². The third-order valence-electron chi connectivity index (χ3n) is 7.94. The lowest BCUT2D eigenvalue weighted by Crippen LogP contribution is -2.59. The molecule has 2 aliphatic rings. The van der Waals surface area contributed by atoms with Crippen LogP contribution in [0.4, 0.5) is 5.69 Å². The van der Waals surface area contributed by atoms with E-state index in [0.29, 0.717) is 32.4 Å². The normalized spacial score (nSPS) is 19.7. The monoisotopic (exact) mass is 537 g/mol. The van der Waals surface area contributed by atoms with Gasteiger partial charge in [0, 0.05) is 54.0 Å². The third kappa shape index (κ3) is 4.67. The maximum Gasteiger partial charge on any atom is 0.245 e. The number of rotatable bonds is 6. The lowest BCUT2D eigenvalue weighted by atomic mass is 9.74. The van der Waals surface area contributed by atoms with Crippen LogP contribution in [0.15, 0.2) is 54.7 Å². The second kappa shape index (κ2) is 9.43. The predicted molar refractivity (Wildman–Crippen MR) is 148 cm³/mol. The zero-order valence-electron chi connectivity index (χ0n) is 22.0. The molecule has 1 spiro atoms. The highest BCUT2D eigenvalue weighted by Crippen LogP contribution is 2.49. The molecule has 1 unspecified atom stereocenters. The first-order valence-electron chi connectivity index (χ1n) is 12.9. The molecular formula is C28H35N5O4S. The zero-order chi connectivity index (χ0) is 27.3. The van der Waals surface area contributed by atoms with Crippen LogP contribution in [-0.4, -0.2) is 66.4 Å². The highest BCUT2D eigenvalue weighted by atomic mass is 32.2. The molecule has 38 heavy (non-hydrogen) atoms. The number of sulfone groups is 1. The Kier molecular flexibility index (Phi) is 6.51. The van der Waals surface area contributed by atoms with E-state index >= 15 is 0 Å². The van der Waals surface area contributed by atoms with Crippen molar-refractivity contribution in [2.45, 2.75) is 55.5 Å². The summed E-state index contributed by atoms with van der Waals surface area (Å²) >= 11 is 0. The average molecular weight is 538 g/mol. The molecule has 0 bridgehead atoms. The summed E-state index contributed by atoms with van der Waals surface area (Å²) in [6.07, 6.45) is 4.43. The van der Waals surface area contributed by atoms with Gasteiger partial charge in [-0.2, -0.15) is 0 Å². The molecule has 2 aliphatic heterocycles. The molecule has 9 nitrogen and oxygen atoms in total. The van der Waals surface area contributed by atoms with E-state index in [4.69, 9.17) is 5.73 Å². The topological polar surface area (TPSA) is 137 Å². The van der Waals surface area contributed by atoms with Crippen molar-refractivity contribution in [1.82, 2.24) is 15.2 Å². The molecule has 0 saturated carbocycles. The summed E-state index contributed by atoms with van der Waals surface area (Å²) in [5.41, 5.74) is 7.98. The fraction of sp³-hybridized carbons (Fsp3) is 0.429. The Morgan fingerprint density at radius 3 is 2.47 bits per heavy atom. The molecule has 1 fully saturated rings. The van der Waals surface area contributed by atoms with E-state index < -0.39 is 38.1 Å². The van der Waals surface area contributed by atoms with Crippen molar-refractivity contribution in [2.75, 3.05) is 24.7 Å². The van der Waals surface area contributed by atoms with Gasteiger partial charge in [-0.3, -0.25) is 9.59 Å². The Morgan fingerprint density at radius 1 is 1.13 bits per heavy atom. The van der Waals surface area contributed by atoms with E-state index in [1.54, 1.807) is 18.7 Å². The minimum Gasteiger partial charge on any atom is -0.368 e. The summed E-state index contributed by atoms with van der Waals surface area (Å²) < 4.78 is 25.6. The number of hydrogen-bond donors (Lipinski definition) is 4. The number of H-pyrrole nitrogens is 1. The molecule has 10 heteroatoms. The average Bonchev–Trinajstić information content (AvgIpc) is 3.42. The van der Waals surface area contributed by atoms with Crippen molar-refractivity contribution in [1.29, 1.82) is 0 Å². The van der Waals surface area contributed by atoms with Crippen molar-refractivity contribution in [3.63, 3.8) is 0 Å². The number of para-hydroxylation sites is 2. The third-order valence-corrected chi connectivity index (χ3v) is 9.36. The van der Waals surface area contributed by atoms with Crippen LogP contribution in [0.25, 0.3) is 10.9 Å². The molecular weight excluding hydrogens is 502 g/mol. The van der Waals surface area contributed by atoms with Crippen molar-refractivity contribution in [3.8, 4) is 0 Å². The number of benzene rings is 2. The van der Waals surface area contributed by atoms with E-state index in [2.05, 4.69) is 15.6 Å². The van der Waals surface area contributed by atoms with Crippen molar-refractivity contribution < 1.29 is 18.0 Å². The van der Waals surface area contributed by atoms with Gasteiger partial charge in [0.15, 0.2) is 9.84 Å². The van der Waals surface area contributed by atoms with Gasteiger partial charge >= 0.3 is 0 Å².